The van der Waals surface area contributed by atoms with Crippen LogP contribution in [0.2, 0.25) is 0 Å². The number of nitrogens with zero attached hydrogens (tertiary/aromatic N) is 1. The van der Waals surface area contributed by atoms with Crippen LogP contribution in [-0.4, -0.2) is 29.7 Å². The van der Waals surface area contributed by atoms with Crippen LogP contribution < -0.4 is 11.1 Å². The second kappa shape index (κ2) is 5.36. The number of nitrogens with one attached hydrogen (secondary N) is 2. The molecule has 5 heteroatoms. The van der Waals surface area contributed by atoms with Gasteiger partial charge in [-0.1, -0.05) is 6.08 Å². The van der Waals surface area contributed by atoms with Gasteiger partial charge in [-0.2, -0.15) is 0 Å². The molecule has 0 saturated carbocycles. The largest absolute Gasteiger partial charge is 0.399 e. The molecule has 0 radical (unpaired) electrons. The van der Waals surface area contributed by atoms with Gasteiger partial charge in [0.05, 0.1) is 24.2 Å². The Morgan fingerprint density at radius 2 is 2.41 bits per heavy atom. The van der Waals surface area contributed by atoms with Crippen LogP contribution >= 0.6 is 0 Å². The number of hydrogen-bond acceptors (Lipinski definition) is 4. The van der Waals surface area contributed by atoms with E-state index in [1.54, 1.807) is 6.08 Å². The van der Waals surface area contributed by atoms with Crippen molar-refractivity contribution in [2.24, 2.45) is 0 Å². The van der Waals surface area contributed by atoms with Crippen LogP contribution in [0, 0.1) is 0 Å². The highest BCUT2D eigenvalue weighted by Crippen LogP contribution is 2.16. The summed E-state index contributed by atoms with van der Waals surface area (Å²) in [5.74, 6) is 0.729. The average Bonchev–Trinajstić information content (AvgIpc) is 2.70. The molecule has 17 heavy (non-hydrogen) atoms. The van der Waals surface area contributed by atoms with E-state index in [0.717, 1.165) is 22.7 Å². The van der Waals surface area contributed by atoms with Crippen LogP contribution in [0.1, 0.15) is 0 Å². The maximum Gasteiger partial charge on any atom is 0.201 e. The van der Waals surface area contributed by atoms with Gasteiger partial charge < -0.3 is 20.8 Å². The Kier molecular flexibility index (Phi) is 3.62. The first-order chi connectivity index (χ1) is 8.29. The van der Waals surface area contributed by atoms with Gasteiger partial charge in [0.2, 0.25) is 5.95 Å². The van der Waals surface area contributed by atoms with Gasteiger partial charge in [0, 0.05) is 12.2 Å². The van der Waals surface area contributed by atoms with Gasteiger partial charge in [0.1, 0.15) is 0 Å². The summed E-state index contributed by atoms with van der Waals surface area (Å²) in [4.78, 5) is 7.52. The standard InChI is InChI=1S/C12H16N4O/c1-2-6-17-7-5-14-12-15-10-4-3-9(13)8-11(10)16-12/h2-4,8H,1,5-7,13H2,(H2,14,15,16). The fourth-order valence-corrected chi connectivity index (χ4v) is 1.52. The van der Waals surface area contributed by atoms with E-state index in [2.05, 4.69) is 21.9 Å². The second-order valence-electron chi connectivity index (χ2n) is 3.65. The van der Waals surface area contributed by atoms with Gasteiger partial charge in [-0.3, -0.25) is 0 Å². The molecule has 0 fully saturated rings. The quantitative estimate of drug-likeness (QED) is 0.403. The minimum atomic E-state index is 0.568. The van der Waals surface area contributed by atoms with E-state index in [1.807, 2.05) is 18.2 Å². The SMILES string of the molecule is C=CCOCCNc1nc2ccc(N)cc2[nH]1. The topological polar surface area (TPSA) is 76.0 Å². The van der Waals surface area contributed by atoms with Crippen LogP contribution in [0.25, 0.3) is 11.0 Å². The Hall–Kier alpha value is -2.01. The molecule has 2 rings (SSSR count). The number of nitrogens with two attached hydrogens (primary N) is 1. The third-order valence-electron chi connectivity index (χ3n) is 2.28. The zero-order valence-electron chi connectivity index (χ0n) is 9.57. The van der Waals surface area contributed by atoms with Crippen molar-refractivity contribution in [3.05, 3.63) is 30.9 Å². The minimum Gasteiger partial charge on any atom is -0.399 e. The molecule has 0 unspecified atom stereocenters. The molecule has 1 aromatic carbocycles. The van der Waals surface area contributed by atoms with Gasteiger partial charge >= 0.3 is 0 Å². The first-order valence-electron chi connectivity index (χ1n) is 5.47. The van der Waals surface area contributed by atoms with Crippen molar-refractivity contribution in [3.8, 4) is 0 Å². The number of imidazole rings is 1. The maximum absolute atomic E-state index is 5.69. The lowest BCUT2D eigenvalue weighted by molar-refractivity contribution is 0.173. The molecule has 0 aliphatic carbocycles. The molecule has 5 nitrogen and oxygen atoms in total. The van der Waals surface area contributed by atoms with Crippen molar-refractivity contribution in [1.29, 1.82) is 0 Å². The fraction of sp³-hybridized carbons (Fsp3) is 0.250. The van der Waals surface area contributed by atoms with E-state index >= 15 is 0 Å². The minimum absolute atomic E-state index is 0.568. The number of H-pyrrole nitrogens is 1. The van der Waals surface area contributed by atoms with E-state index in [1.165, 1.54) is 0 Å². The molecule has 2 aromatic rings. The molecule has 0 spiro atoms. The Balaban J connectivity index is 1.93. The fourth-order valence-electron chi connectivity index (χ4n) is 1.52. The van der Waals surface area contributed by atoms with Crippen LogP contribution in [-0.2, 0) is 4.74 Å². The molecular formula is C12H16N4O. The number of benzene rings is 1. The predicted molar refractivity (Wildman–Crippen MR) is 70.0 cm³/mol. The highest BCUT2D eigenvalue weighted by atomic mass is 16.5. The highest BCUT2D eigenvalue weighted by molar-refractivity contribution is 5.80. The summed E-state index contributed by atoms with van der Waals surface area (Å²) >= 11 is 0. The lowest BCUT2D eigenvalue weighted by Gasteiger charge is -2.02. The normalized spacial score (nSPS) is 10.6. The zero-order chi connectivity index (χ0) is 12.1. The molecule has 0 saturated heterocycles. The third-order valence-corrected chi connectivity index (χ3v) is 2.28. The highest BCUT2D eigenvalue weighted by Gasteiger charge is 2.01. The smallest absolute Gasteiger partial charge is 0.201 e. The van der Waals surface area contributed by atoms with Crippen LogP contribution in [0.3, 0.4) is 0 Å². The Morgan fingerprint density at radius 3 is 3.24 bits per heavy atom. The van der Waals surface area contributed by atoms with Crippen molar-refractivity contribution < 1.29 is 4.74 Å². The van der Waals surface area contributed by atoms with Crippen molar-refractivity contribution in [2.45, 2.75) is 0 Å². The molecule has 0 aliphatic heterocycles. The van der Waals surface area contributed by atoms with Crippen molar-refractivity contribution in [1.82, 2.24) is 9.97 Å². The third kappa shape index (κ3) is 2.98. The number of aromatic nitrogens is 2. The van der Waals surface area contributed by atoms with Crippen molar-refractivity contribution >= 4 is 22.7 Å². The summed E-state index contributed by atoms with van der Waals surface area (Å²) in [6.45, 7) is 5.46. The molecule has 0 amide bonds. The molecule has 0 atom stereocenters. The number of hydrogen-bond donors (Lipinski definition) is 3. The summed E-state index contributed by atoms with van der Waals surface area (Å²) < 4.78 is 5.26. The molecular weight excluding hydrogens is 216 g/mol. The van der Waals surface area contributed by atoms with E-state index in [9.17, 15) is 0 Å². The Morgan fingerprint density at radius 1 is 1.53 bits per heavy atom. The van der Waals surface area contributed by atoms with E-state index in [-0.39, 0.29) is 0 Å². The molecule has 1 heterocycles. The number of ether oxygens (including phenoxy) is 1. The number of nitrogen functional groups attached to an aromatic ring is 1. The number of anilines is 2. The summed E-state index contributed by atoms with van der Waals surface area (Å²) in [6.07, 6.45) is 1.73. The zero-order valence-corrected chi connectivity index (χ0v) is 9.57. The Labute approximate surface area is 99.7 Å². The summed E-state index contributed by atoms with van der Waals surface area (Å²) in [5.41, 5.74) is 8.24. The van der Waals surface area contributed by atoms with E-state index < -0.39 is 0 Å². The van der Waals surface area contributed by atoms with Gasteiger partial charge in [-0.15, -0.1) is 6.58 Å². The number of fused-ring (bicyclic) bond motifs is 1. The molecule has 90 valence electrons. The number of rotatable bonds is 6. The summed E-state index contributed by atoms with van der Waals surface area (Å²) in [7, 11) is 0. The lowest BCUT2D eigenvalue weighted by atomic mass is 10.3. The first kappa shape index (κ1) is 11.5. The molecule has 1 aromatic heterocycles. The second-order valence-corrected chi connectivity index (χ2v) is 3.65. The number of aromatic amines is 1. The maximum atomic E-state index is 5.69. The van der Waals surface area contributed by atoms with Crippen molar-refractivity contribution in [2.75, 3.05) is 30.8 Å². The van der Waals surface area contributed by atoms with Crippen molar-refractivity contribution in [3.63, 3.8) is 0 Å². The molecule has 0 bridgehead atoms. The Bertz CT molecular complexity index is 506. The first-order valence-corrected chi connectivity index (χ1v) is 5.47. The average molecular weight is 232 g/mol. The van der Waals surface area contributed by atoms with E-state index in [4.69, 9.17) is 10.5 Å². The lowest BCUT2D eigenvalue weighted by Crippen LogP contribution is -2.10. The van der Waals surface area contributed by atoms with Crippen LogP contribution in [0.4, 0.5) is 11.6 Å². The van der Waals surface area contributed by atoms with E-state index in [0.29, 0.717) is 19.8 Å². The van der Waals surface area contributed by atoms with Gasteiger partial charge in [0.25, 0.3) is 0 Å². The van der Waals surface area contributed by atoms with Gasteiger partial charge in [0.15, 0.2) is 0 Å². The molecule has 4 N–H and O–H groups in total. The summed E-state index contributed by atoms with van der Waals surface area (Å²) in [5, 5.41) is 3.15. The van der Waals surface area contributed by atoms with Gasteiger partial charge in [-0.05, 0) is 18.2 Å². The van der Waals surface area contributed by atoms with Crippen LogP contribution in [0.15, 0.2) is 30.9 Å². The molecule has 0 aliphatic rings. The van der Waals surface area contributed by atoms with Gasteiger partial charge in [-0.25, -0.2) is 4.98 Å². The summed E-state index contributed by atoms with van der Waals surface area (Å²) in [6, 6.07) is 5.59. The predicted octanol–water partition coefficient (Wildman–Crippen LogP) is 1.76. The van der Waals surface area contributed by atoms with Crippen LogP contribution in [0.5, 0.6) is 0 Å². The monoisotopic (exact) mass is 232 g/mol.